The third-order valence-electron chi connectivity index (χ3n) is 2.77. The molecule has 1 rings (SSSR count). The molecule has 0 spiro atoms. The van der Waals surface area contributed by atoms with Crippen LogP contribution in [0.2, 0.25) is 0 Å². The molecule has 8 nitrogen and oxygen atoms in total. The predicted octanol–water partition coefficient (Wildman–Crippen LogP) is -2.45. The summed E-state index contributed by atoms with van der Waals surface area (Å²) in [5.41, 5.74) is 0. The van der Waals surface area contributed by atoms with E-state index in [9.17, 15) is 15.3 Å². The van der Waals surface area contributed by atoms with Crippen LogP contribution in [0.4, 0.5) is 0 Å². The molecular weight excluding hydrogens is 260 g/mol. The maximum atomic E-state index is 9.69. The van der Waals surface area contributed by atoms with Crippen molar-refractivity contribution in [1.29, 1.82) is 0 Å². The average Bonchev–Trinajstić information content (AvgIpc) is 2.63. The number of aliphatic hydroxyl groups is 5. The molecule has 114 valence electrons. The Morgan fingerprint density at radius 3 is 2.26 bits per heavy atom. The fraction of sp³-hybridized carbons (Fsp3) is 1.00. The molecule has 0 bridgehead atoms. The van der Waals surface area contributed by atoms with Crippen LogP contribution in [0.15, 0.2) is 0 Å². The largest absolute Gasteiger partial charge is 0.394 e. The minimum absolute atomic E-state index is 0.0254. The lowest BCUT2D eigenvalue weighted by Crippen LogP contribution is -2.39. The summed E-state index contributed by atoms with van der Waals surface area (Å²) < 4.78 is 15.2. The molecule has 0 saturated carbocycles. The Bertz CT molecular complexity index is 261. The lowest BCUT2D eigenvalue weighted by atomic mass is 10.1. The smallest absolute Gasteiger partial charge is 0.189 e. The predicted molar refractivity (Wildman–Crippen MR) is 61.9 cm³/mol. The number of hydrogen-bond donors (Lipinski definition) is 5. The van der Waals surface area contributed by atoms with Gasteiger partial charge in [0.25, 0.3) is 0 Å². The zero-order valence-corrected chi connectivity index (χ0v) is 10.9. The van der Waals surface area contributed by atoms with E-state index in [0.29, 0.717) is 0 Å². The summed E-state index contributed by atoms with van der Waals surface area (Å²) in [6, 6.07) is 0. The van der Waals surface area contributed by atoms with E-state index >= 15 is 0 Å². The fourth-order valence-electron chi connectivity index (χ4n) is 1.60. The van der Waals surface area contributed by atoms with Crippen LogP contribution in [0.1, 0.15) is 13.8 Å². The maximum absolute atomic E-state index is 9.69. The van der Waals surface area contributed by atoms with Crippen molar-refractivity contribution in [3.05, 3.63) is 0 Å². The van der Waals surface area contributed by atoms with Gasteiger partial charge in [-0.3, -0.25) is 0 Å². The first-order valence-electron chi connectivity index (χ1n) is 6.12. The minimum Gasteiger partial charge on any atom is -0.394 e. The molecule has 7 atom stereocenters. The first-order chi connectivity index (χ1) is 8.86. The van der Waals surface area contributed by atoms with E-state index in [1.165, 1.54) is 13.8 Å². The van der Waals surface area contributed by atoms with Crippen molar-refractivity contribution in [2.24, 2.45) is 0 Å². The van der Waals surface area contributed by atoms with Gasteiger partial charge in [0.2, 0.25) is 0 Å². The summed E-state index contributed by atoms with van der Waals surface area (Å²) in [5, 5.41) is 46.7. The molecule has 1 fully saturated rings. The number of ether oxygens (including phenoxy) is 3. The van der Waals surface area contributed by atoms with Crippen LogP contribution in [0, 0.1) is 0 Å². The van der Waals surface area contributed by atoms with E-state index < -0.39 is 49.7 Å². The summed E-state index contributed by atoms with van der Waals surface area (Å²) in [5.74, 6) is 0. The monoisotopic (exact) mass is 282 g/mol. The molecule has 0 amide bonds. The van der Waals surface area contributed by atoms with E-state index in [4.69, 9.17) is 24.4 Å². The van der Waals surface area contributed by atoms with Crippen LogP contribution in [0.5, 0.6) is 0 Å². The molecule has 0 aromatic heterocycles. The summed E-state index contributed by atoms with van der Waals surface area (Å²) in [4.78, 5) is 0. The highest BCUT2D eigenvalue weighted by molar-refractivity contribution is 4.86. The summed E-state index contributed by atoms with van der Waals surface area (Å²) in [7, 11) is 0. The molecule has 0 radical (unpaired) electrons. The quantitative estimate of drug-likeness (QED) is 0.325. The second-order valence-corrected chi connectivity index (χ2v) is 4.62. The van der Waals surface area contributed by atoms with E-state index in [2.05, 4.69) is 0 Å². The van der Waals surface area contributed by atoms with Gasteiger partial charge in [0.05, 0.1) is 19.3 Å². The molecule has 8 heteroatoms. The van der Waals surface area contributed by atoms with Crippen LogP contribution in [0.25, 0.3) is 0 Å². The van der Waals surface area contributed by atoms with E-state index in [1.54, 1.807) is 0 Å². The van der Waals surface area contributed by atoms with Crippen molar-refractivity contribution in [2.45, 2.75) is 56.9 Å². The van der Waals surface area contributed by atoms with Gasteiger partial charge in [0.1, 0.15) is 24.4 Å². The number of hydrogen-bond acceptors (Lipinski definition) is 8. The lowest BCUT2D eigenvalue weighted by molar-refractivity contribution is -0.272. The number of rotatable bonds is 7. The molecule has 19 heavy (non-hydrogen) atoms. The van der Waals surface area contributed by atoms with Gasteiger partial charge in [-0.05, 0) is 13.8 Å². The molecule has 1 saturated heterocycles. The molecule has 1 heterocycles. The molecule has 0 aromatic rings. The Morgan fingerprint density at radius 2 is 1.79 bits per heavy atom. The third-order valence-corrected chi connectivity index (χ3v) is 2.77. The van der Waals surface area contributed by atoms with E-state index in [1.807, 2.05) is 0 Å². The van der Waals surface area contributed by atoms with E-state index in [0.717, 1.165) is 0 Å². The standard InChI is InChI=1S/C11H22O8/c1-5(13)4-17-6(2)10(16)19-11-9(15)8(14)7(3-12)18-11/h5-16H,3-4H2,1-2H3/t5?,6?,7?,8?,9?,10-,11?/m1/s1. The van der Waals surface area contributed by atoms with Crippen molar-refractivity contribution in [1.82, 2.24) is 0 Å². The van der Waals surface area contributed by atoms with Crippen LogP contribution < -0.4 is 0 Å². The average molecular weight is 282 g/mol. The zero-order valence-electron chi connectivity index (χ0n) is 10.9. The van der Waals surface area contributed by atoms with Crippen LogP contribution in [-0.2, 0) is 14.2 Å². The van der Waals surface area contributed by atoms with Gasteiger partial charge in [0.15, 0.2) is 12.6 Å². The highest BCUT2D eigenvalue weighted by Crippen LogP contribution is 2.23. The van der Waals surface area contributed by atoms with Crippen LogP contribution >= 0.6 is 0 Å². The van der Waals surface area contributed by atoms with Gasteiger partial charge < -0.3 is 39.7 Å². The normalized spacial score (nSPS) is 36.2. The van der Waals surface area contributed by atoms with Gasteiger partial charge in [-0.25, -0.2) is 0 Å². The summed E-state index contributed by atoms with van der Waals surface area (Å²) in [6.45, 7) is 2.61. The molecule has 1 aliphatic heterocycles. The second-order valence-electron chi connectivity index (χ2n) is 4.62. The minimum atomic E-state index is -1.40. The molecular formula is C11H22O8. The fourth-order valence-corrected chi connectivity index (χ4v) is 1.60. The Kier molecular flexibility index (Phi) is 6.57. The molecule has 0 aliphatic carbocycles. The molecule has 0 aromatic carbocycles. The highest BCUT2D eigenvalue weighted by atomic mass is 16.8. The van der Waals surface area contributed by atoms with Gasteiger partial charge in [-0.1, -0.05) is 0 Å². The zero-order chi connectivity index (χ0) is 14.6. The first kappa shape index (κ1) is 16.7. The van der Waals surface area contributed by atoms with E-state index in [-0.39, 0.29) is 6.61 Å². The van der Waals surface area contributed by atoms with Crippen molar-refractivity contribution in [3.63, 3.8) is 0 Å². The number of aliphatic hydroxyl groups excluding tert-OH is 5. The van der Waals surface area contributed by atoms with Crippen LogP contribution in [0.3, 0.4) is 0 Å². The van der Waals surface area contributed by atoms with Crippen LogP contribution in [-0.4, -0.2) is 81.8 Å². The first-order valence-corrected chi connectivity index (χ1v) is 6.12. The third kappa shape index (κ3) is 4.62. The van der Waals surface area contributed by atoms with Gasteiger partial charge in [-0.15, -0.1) is 0 Å². The Balaban J connectivity index is 2.41. The molecule has 5 N–H and O–H groups in total. The Morgan fingerprint density at radius 1 is 1.16 bits per heavy atom. The highest BCUT2D eigenvalue weighted by Gasteiger charge is 2.44. The second kappa shape index (κ2) is 7.46. The topological polar surface area (TPSA) is 129 Å². The molecule has 1 aliphatic rings. The summed E-state index contributed by atoms with van der Waals surface area (Å²) >= 11 is 0. The lowest BCUT2D eigenvalue weighted by Gasteiger charge is -2.24. The Hall–Kier alpha value is -0.320. The van der Waals surface area contributed by atoms with Crippen molar-refractivity contribution < 1.29 is 39.7 Å². The van der Waals surface area contributed by atoms with Gasteiger partial charge in [0, 0.05) is 0 Å². The maximum Gasteiger partial charge on any atom is 0.189 e. The van der Waals surface area contributed by atoms with Crippen molar-refractivity contribution in [3.8, 4) is 0 Å². The Labute approximate surface area is 111 Å². The van der Waals surface area contributed by atoms with Crippen molar-refractivity contribution >= 4 is 0 Å². The van der Waals surface area contributed by atoms with Crippen molar-refractivity contribution in [2.75, 3.05) is 13.2 Å². The molecule has 6 unspecified atom stereocenters. The van der Waals surface area contributed by atoms with Gasteiger partial charge in [-0.2, -0.15) is 0 Å². The summed E-state index contributed by atoms with van der Waals surface area (Å²) in [6.07, 6.45) is -7.69. The SMILES string of the molecule is CC(O)COC(C)[C@H](O)OC1OC(CO)C(O)C1O. The van der Waals surface area contributed by atoms with Gasteiger partial charge >= 0.3 is 0 Å².